The summed E-state index contributed by atoms with van der Waals surface area (Å²) in [6.45, 7) is 25.4. The van der Waals surface area contributed by atoms with Gasteiger partial charge in [0.2, 0.25) is 23.6 Å². The number of carboxylic acids is 4. The molecule has 16 heteroatoms. The van der Waals surface area contributed by atoms with Gasteiger partial charge >= 0.3 is 23.9 Å². The molecule has 0 heterocycles. The van der Waals surface area contributed by atoms with Crippen LogP contribution in [0.1, 0.15) is 147 Å². The summed E-state index contributed by atoms with van der Waals surface area (Å²) in [6.07, 6.45) is 4.59. The molecule has 0 aromatic rings. The van der Waals surface area contributed by atoms with Crippen LogP contribution in [0.25, 0.3) is 0 Å². The van der Waals surface area contributed by atoms with Crippen molar-refractivity contribution in [2.45, 2.75) is 147 Å². The van der Waals surface area contributed by atoms with E-state index in [1.165, 1.54) is 0 Å². The van der Waals surface area contributed by atoms with Gasteiger partial charge < -0.3 is 43.4 Å². The second-order valence-electron chi connectivity index (χ2n) is 16.7. The van der Waals surface area contributed by atoms with E-state index in [9.17, 15) is 38.4 Å². The summed E-state index contributed by atoms with van der Waals surface area (Å²) >= 11 is 0. The van der Waals surface area contributed by atoms with Crippen molar-refractivity contribution in [1.29, 1.82) is 0 Å². The molecule has 0 spiro atoms. The molecule has 0 aliphatic rings. The van der Waals surface area contributed by atoms with E-state index in [1.54, 1.807) is 0 Å². The summed E-state index contributed by atoms with van der Waals surface area (Å²) in [5.74, 6) is -6.13. The van der Waals surface area contributed by atoms with Crippen LogP contribution in [-0.4, -0.2) is 67.9 Å². The number of aliphatic carboxylic acids is 4. The van der Waals surface area contributed by atoms with E-state index in [2.05, 4.69) is 83.1 Å². The van der Waals surface area contributed by atoms with Crippen LogP contribution in [-0.2, 0) is 38.4 Å². The first-order valence-electron chi connectivity index (χ1n) is 19.4. The Morgan fingerprint density at radius 2 is 0.500 bits per heavy atom. The fourth-order valence-electron chi connectivity index (χ4n) is 6.11. The van der Waals surface area contributed by atoms with Crippen molar-refractivity contribution in [3.63, 3.8) is 0 Å². The number of hydrogen-bond acceptors (Lipinski definition) is 8. The second kappa shape index (κ2) is 35.2. The molecule has 56 heavy (non-hydrogen) atoms. The molecule has 0 aromatic carbocycles. The Kier molecular flexibility index (Phi) is 38.3. The number of carbonyl (C=O) groups is 8. The maximum Gasteiger partial charge on any atom is 0.307 e. The smallest absolute Gasteiger partial charge is 0.307 e. The first kappa shape index (κ1) is 61.0. The highest BCUT2D eigenvalue weighted by molar-refractivity contribution is 5.86. The molecule has 330 valence electrons. The first-order valence-corrected chi connectivity index (χ1v) is 19.4. The Balaban J connectivity index is -0.000000197. The summed E-state index contributed by atoms with van der Waals surface area (Å²) in [5, 5.41) is 34.1. The normalized spacial score (nSPS) is 13.6. The molecule has 6 atom stereocenters. The quantitative estimate of drug-likeness (QED) is 0.0633. The third-order valence-electron chi connectivity index (χ3n) is 7.60. The lowest BCUT2D eigenvalue weighted by Gasteiger charge is -2.16. The fraction of sp³-hybridized carbons (Fsp3) is 0.800. The van der Waals surface area contributed by atoms with Gasteiger partial charge in [-0.15, -0.1) is 0 Å². The Hall–Kier alpha value is -4.24. The molecule has 0 aliphatic carbocycles. The number of carbonyl (C=O) groups excluding carboxylic acids is 4. The van der Waals surface area contributed by atoms with Crippen LogP contribution in [0.4, 0.5) is 0 Å². The van der Waals surface area contributed by atoms with Gasteiger partial charge in [-0.1, -0.05) is 83.1 Å². The summed E-state index contributed by atoms with van der Waals surface area (Å²) in [7, 11) is 0. The predicted octanol–water partition coefficient (Wildman–Crippen LogP) is 5.51. The molecule has 0 saturated carbocycles. The van der Waals surface area contributed by atoms with Crippen LogP contribution < -0.4 is 22.9 Å². The van der Waals surface area contributed by atoms with Gasteiger partial charge in [0.15, 0.2) is 0 Å². The van der Waals surface area contributed by atoms with Crippen molar-refractivity contribution < 1.29 is 58.8 Å². The standard InChI is InChI=1S/4C8H17NO.C8H10O8/c4*1-6(2)4-7(3)5-8(9)10;9-5(10)1-3(7(13)14)4(8(15)16)2-6(11)12/h4*6-7H,4-5H2,1-3H3,(H2,9,10);3-4H,1-2H2,(H,9,10)(H,11,12)(H,13,14)(H,15,16). The largest absolute Gasteiger partial charge is 0.481 e. The van der Waals surface area contributed by atoms with E-state index < -0.39 is 48.6 Å². The lowest BCUT2D eigenvalue weighted by Crippen LogP contribution is -2.33. The molecule has 4 amide bonds. The maximum absolute atomic E-state index is 10.6. The summed E-state index contributed by atoms with van der Waals surface area (Å²) in [6, 6.07) is 0. The summed E-state index contributed by atoms with van der Waals surface area (Å²) in [5.41, 5.74) is 20.1. The van der Waals surface area contributed by atoms with Gasteiger partial charge in [0.1, 0.15) is 0 Å². The van der Waals surface area contributed by atoms with Crippen molar-refractivity contribution >= 4 is 47.5 Å². The van der Waals surface area contributed by atoms with Crippen molar-refractivity contribution in [3.05, 3.63) is 0 Å². The number of rotatable bonds is 23. The molecule has 0 aromatic heterocycles. The minimum atomic E-state index is -1.76. The van der Waals surface area contributed by atoms with E-state index in [4.69, 9.17) is 43.4 Å². The topological polar surface area (TPSA) is 322 Å². The van der Waals surface area contributed by atoms with E-state index in [1.807, 2.05) is 0 Å². The van der Waals surface area contributed by atoms with Gasteiger partial charge in [-0.3, -0.25) is 38.4 Å². The minimum absolute atomic E-state index is 0.187. The van der Waals surface area contributed by atoms with Gasteiger partial charge in [-0.2, -0.15) is 0 Å². The van der Waals surface area contributed by atoms with Crippen molar-refractivity contribution in [1.82, 2.24) is 0 Å². The van der Waals surface area contributed by atoms with Crippen LogP contribution >= 0.6 is 0 Å². The van der Waals surface area contributed by atoms with E-state index in [0.717, 1.165) is 25.7 Å². The monoisotopic (exact) mass is 807 g/mol. The van der Waals surface area contributed by atoms with Crippen molar-refractivity contribution in [2.24, 2.45) is 82.1 Å². The van der Waals surface area contributed by atoms with Crippen LogP contribution in [0.5, 0.6) is 0 Å². The Bertz CT molecular complexity index is 1010. The van der Waals surface area contributed by atoms with Crippen molar-refractivity contribution in [3.8, 4) is 0 Å². The van der Waals surface area contributed by atoms with E-state index in [-0.39, 0.29) is 23.6 Å². The average Bonchev–Trinajstić information content (AvgIpc) is 2.92. The molecule has 0 bridgehead atoms. The third kappa shape index (κ3) is 51.9. The van der Waals surface area contributed by atoms with Gasteiger partial charge in [-0.05, 0) is 73.0 Å². The molecule has 0 radical (unpaired) electrons. The van der Waals surface area contributed by atoms with E-state index >= 15 is 0 Å². The van der Waals surface area contributed by atoms with Gasteiger partial charge in [-0.25, -0.2) is 0 Å². The second-order valence-corrected chi connectivity index (χ2v) is 16.7. The number of carboxylic acid groups (broad SMARTS) is 4. The zero-order valence-electron chi connectivity index (χ0n) is 36.2. The Labute approximate surface area is 335 Å². The highest BCUT2D eigenvalue weighted by atomic mass is 16.4. The highest BCUT2D eigenvalue weighted by Crippen LogP contribution is 2.21. The van der Waals surface area contributed by atoms with Gasteiger partial charge in [0, 0.05) is 25.7 Å². The zero-order chi connectivity index (χ0) is 45.5. The average molecular weight is 807 g/mol. The number of nitrogens with two attached hydrogens (primary N) is 4. The predicted molar refractivity (Wildman–Crippen MR) is 216 cm³/mol. The molecular formula is C40H78N4O12. The fourth-order valence-corrected chi connectivity index (χ4v) is 6.11. The maximum atomic E-state index is 10.6. The number of hydrogen-bond donors (Lipinski definition) is 8. The minimum Gasteiger partial charge on any atom is -0.481 e. The zero-order valence-corrected chi connectivity index (χ0v) is 36.2. The van der Waals surface area contributed by atoms with Gasteiger partial charge in [0.25, 0.3) is 0 Å². The van der Waals surface area contributed by atoms with Crippen LogP contribution in [0.3, 0.4) is 0 Å². The highest BCUT2D eigenvalue weighted by Gasteiger charge is 2.37. The molecule has 0 saturated heterocycles. The number of primary amides is 4. The Morgan fingerprint density at radius 3 is 0.589 bits per heavy atom. The number of amides is 4. The van der Waals surface area contributed by atoms with Crippen molar-refractivity contribution in [2.75, 3.05) is 0 Å². The summed E-state index contributed by atoms with van der Waals surface area (Å²) in [4.78, 5) is 83.6. The van der Waals surface area contributed by atoms with Crippen LogP contribution in [0.15, 0.2) is 0 Å². The molecule has 0 aliphatic heterocycles. The van der Waals surface area contributed by atoms with E-state index in [0.29, 0.717) is 73.0 Å². The van der Waals surface area contributed by atoms with Crippen LogP contribution in [0, 0.1) is 59.2 Å². The van der Waals surface area contributed by atoms with Gasteiger partial charge in [0.05, 0.1) is 24.7 Å². The molecule has 6 unspecified atom stereocenters. The lowest BCUT2D eigenvalue weighted by molar-refractivity contribution is -0.160. The lowest BCUT2D eigenvalue weighted by atomic mass is 9.87. The third-order valence-corrected chi connectivity index (χ3v) is 7.60. The molecule has 16 nitrogen and oxygen atoms in total. The molecule has 12 N–H and O–H groups in total. The summed E-state index contributed by atoms with van der Waals surface area (Å²) < 4.78 is 0. The Morgan fingerprint density at radius 1 is 0.339 bits per heavy atom. The van der Waals surface area contributed by atoms with Crippen LogP contribution in [0.2, 0.25) is 0 Å². The SMILES string of the molecule is CC(C)CC(C)CC(N)=O.CC(C)CC(C)CC(N)=O.CC(C)CC(C)CC(N)=O.CC(C)CC(C)CC(N)=O.O=C(O)CC(C(=O)O)C(CC(=O)O)C(=O)O. The molecule has 0 rings (SSSR count). The molecular weight excluding hydrogens is 728 g/mol. The molecule has 0 fully saturated rings. The first-order chi connectivity index (χ1) is 25.3.